The maximum absolute atomic E-state index is 12.7. The molecule has 0 aromatic heterocycles. The quantitative estimate of drug-likeness (QED) is 0.649. The molecule has 0 fully saturated rings. The van der Waals surface area contributed by atoms with Gasteiger partial charge in [-0.2, -0.15) is 4.31 Å². The molecule has 24 heavy (non-hydrogen) atoms. The molecule has 0 heterocycles. The van der Waals surface area contributed by atoms with Crippen LogP contribution in [0.4, 0.5) is 5.69 Å². The summed E-state index contributed by atoms with van der Waals surface area (Å²) in [4.78, 5) is 0.218. The Balaban J connectivity index is 3.18. The average molecular weight is 374 g/mol. The summed E-state index contributed by atoms with van der Waals surface area (Å²) in [7, 11) is -3.53. The molecule has 136 valence electrons. The second-order valence-electron chi connectivity index (χ2n) is 5.06. The van der Waals surface area contributed by atoms with Crippen LogP contribution < -0.4 is 15.4 Å². The van der Waals surface area contributed by atoms with E-state index in [-0.39, 0.29) is 4.90 Å². The lowest BCUT2D eigenvalue weighted by Gasteiger charge is -2.20. The minimum absolute atomic E-state index is 0.218. The number of benzene rings is 1. The Morgan fingerprint density at radius 3 is 2.42 bits per heavy atom. The molecule has 0 aliphatic rings. The summed E-state index contributed by atoms with van der Waals surface area (Å²) >= 11 is 5.24. The van der Waals surface area contributed by atoms with E-state index in [9.17, 15) is 8.42 Å². The number of rotatable bonds is 9. The average Bonchev–Trinajstić information content (AvgIpc) is 2.55. The summed E-state index contributed by atoms with van der Waals surface area (Å²) in [6, 6.07) is 4.79. The highest BCUT2D eigenvalue weighted by Crippen LogP contribution is 2.29. The standard InChI is InChI=1S/C16H27N3O3S2/c1-5-11-17-16(23)18-14-12-13(9-10-15(14)22-8-4)24(20,21)19(6-2)7-3/h9-10,12H,5-8,11H2,1-4H3,(H2,17,18,23). The van der Waals surface area contributed by atoms with E-state index >= 15 is 0 Å². The van der Waals surface area contributed by atoms with Crippen LogP contribution in [0, 0.1) is 0 Å². The SMILES string of the molecule is CCCNC(=S)Nc1cc(S(=O)(=O)N(CC)CC)ccc1OCC. The Morgan fingerprint density at radius 2 is 1.88 bits per heavy atom. The van der Waals surface area contributed by atoms with Gasteiger partial charge in [-0.3, -0.25) is 0 Å². The molecule has 0 saturated heterocycles. The van der Waals surface area contributed by atoms with Crippen molar-refractivity contribution in [1.82, 2.24) is 9.62 Å². The number of sulfonamides is 1. The molecular weight excluding hydrogens is 346 g/mol. The number of ether oxygens (including phenoxy) is 1. The van der Waals surface area contributed by atoms with Crippen LogP contribution in [0.15, 0.2) is 23.1 Å². The van der Waals surface area contributed by atoms with Gasteiger partial charge < -0.3 is 15.4 Å². The van der Waals surface area contributed by atoms with Gasteiger partial charge in [-0.15, -0.1) is 0 Å². The molecular formula is C16H27N3O3S2. The zero-order chi connectivity index (χ0) is 18.2. The van der Waals surface area contributed by atoms with Gasteiger partial charge in [-0.1, -0.05) is 20.8 Å². The van der Waals surface area contributed by atoms with Gasteiger partial charge >= 0.3 is 0 Å². The second-order valence-corrected chi connectivity index (χ2v) is 7.41. The third-order valence-corrected chi connectivity index (χ3v) is 5.67. The molecule has 2 N–H and O–H groups in total. The lowest BCUT2D eigenvalue weighted by Crippen LogP contribution is -2.31. The molecule has 0 spiro atoms. The molecule has 0 unspecified atom stereocenters. The molecule has 1 aromatic carbocycles. The van der Waals surface area contributed by atoms with Gasteiger partial charge in [0.15, 0.2) is 5.11 Å². The first-order valence-corrected chi connectivity index (χ1v) is 10.1. The largest absolute Gasteiger partial charge is 0.492 e. The molecule has 6 nitrogen and oxygen atoms in total. The summed E-state index contributed by atoms with van der Waals surface area (Å²) in [6.45, 7) is 9.61. The van der Waals surface area contributed by atoms with Crippen LogP contribution in [-0.2, 0) is 10.0 Å². The zero-order valence-corrected chi connectivity index (χ0v) is 16.4. The number of nitrogens with zero attached hydrogens (tertiary/aromatic N) is 1. The zero-order valence-electron chi connectivity index (χ0n) is 14.8. The summed E-state index contributed by atoms with van der Waals surface area (Å²) in [6.07, 6.45) is 0.941. The number of thiocarbonyl (C=S) groups is 1. The Bertz CT molecular complexity index is 644. The van der Waals surface area contributed by atoms with E-state index < -0.39 is 10.0 Å². The van der Waals surface area contributed by atoms with Crippen molar-refractivity contribution < 1.29 is 13.2 Å². The molecule has 0 aliphatic heterocycles. The van der Waals surface area contributed by atoms with Gasteiger partial charge in [0.2, 0.25) is 10.0 Å². The number of hydrogen-bond donors (Lipinski definition) is 2. The molecule has 0 aliphatic carbocycles. The smallest absolute Gasteiger partial charge is 0.243 e. The minimum atomic E-state index is -3.53. The third-order valence-electron chi connectivity index (χ3n) is 3.38. The van der Waals surface area contributed by atoms with Crippen molar-refractivity contribution in [2.24, 2.45) is 0 Å². The Kier molecular flexibility index (Phi) is 8.44. The van der Waals surface area contributed by atoms with Crippen molar-refractivity contribution in [1.29, 1.82) is 0 Å². The van der Waals surface area contributed by atoms with Gasteiger partial charge in [0.1, 0.15) is 5.75 Å². The minimum Gasteiger partial charge on any atom is -0.492 e. The summed E-state index contributed by atoms with van der Waals surface area (Å²) in [5.74, 6) is 0.566. The molecule has 0 amide bonds. The third kappa shape index (κ3) is 5.32. The Morgan fingerprint density at radius 1 is 1.21 bits per heavy atom. The molecule has 0 radical (unpaired) electrons. The van der Waals surface area contributed by atoms with Crippen molar-refractivity contribution in [3.63, 3.8) is 0 Å². The fourth-order valence-electron chi connectivity index (χ4n) is 2.17. The van der Waals surface area contributed by atoms with Gasteiger partial charge in [0, 0.05) is 19.6 Å². The number of nitrogens with one attached hydrogen (secondary N) is 2. The van der Waals surface area contributed by atoms with Crippen molar-refractivity contribution in [2.75, 3.05) is 31.6 Å². The maximum atomic E-state index is 12.7. The number of hydrogen-bond acceptors (Lipinski definition) is 4. The molecule has 8 heteroatoms. The van der Waals surface area contributed by atoms with Crippen LogP contribution in [0.25, 0.3) is 0 Å². The predicted octanol–water partition coefficient (Wildman–Crippen LogP) is 2.81. The van der Waals surface area contributed by atoms with Crippen LogP contribution in [-0.4, -0.2) is 44.1 Å². The highest BCUT2D eigenvalue weighted by atomic mass is 32.2. The van der Waals surface area contributed by atoms with Crippen LogP contribution in [0.2, 0.25) is 0 Å². The van der Waals surface area contributed by atoms with E-state index in [1.165, 1.54) is 4.31 Å². The molecule has 0 saturated carbocycles. The lowest BCUT2D eigenvalue weighted by atomic mass is 10.3. The Labute approximate surface area is 150 Å². The molecule has 0 bridgehead atoms. The topological polar surface area (TPSA) is 70.7 Å². The van der Waals surface area contributed by atoms with Gasteiger partial charge in [-0.05, 0) is 43.8 Å². The van der Waals surface area contributed by atoms with Crippen molar-refractivity contribution in [2.45, 2.75) is 39.0 Å². The van der Waals surface area contributed by atoms with Crippen LogP contribution in [0.1, 0.15) is 34.1 Å². The highest BCUT2D eigenvalue weighted by molar-refractivity contribution is 7.89. The van der Waals surface area contributed by atoms with Crippen LogP contribution in [0.5, 0.6) is 5.75 Å². The number of anilines is 1. The fraction of sp³-hybridized carbons (Fsp3) is 0.562. The highest BCUT2D eigenvalue weighted by Gasteiger charge is 2.23. The summed E-state index contributed by atoms with van der Waals surface area (Å²) < 4.78 is 32.3. The molecule has 1 aromatic rings. The van der Waals surface area contributed by atoms with Crippen molar-refractivity contribution in [3.8, 4) is 5.75 Å². The Hall–Kier alpha value is -1.38. The van der Waals surface area contributed by atoms with Gasteiger partial charge in [-0.25, -0.2) is 8.42 Å². The predicted molar refractivity (Wildman–Crippen MR) is 102 cm³/mol. The first-order valence-electron chi connectivity index (χ1n) is 8.22. The second kappa shape index (κ2) is 9.80. The fourth-order valence-corrected chi connectivity index (χ4v) is 3.86. The summed E-state index contributed by atoms with van der Waals surface area (Å²) in [5, 5.41) is 6.53. The van der Waals surface area contributed by atoms with E-state index in [0.29, 0.717) is 36.2 Å². The van der Waals surface area contributed by atoms with Gasteiger partial charge in [0.05, 0.1) is 17.2 Å². The van der Waals surface area contributed by atoms with Crippen molar-refractivity contribution in [3.05, 3.63) is 18.2 Å². The normalized spacial score (nSPS) is 11.4. The van der Waals surface area contributed by atoms with Crippen LogP contribution >= 0.6 is 12.2 Å². The van der Waals surface area contributed by atoms with E-state index in [1.807, 2.05) is 27.7 Å². The monoisotopic (exact) mass is 373 g/mol. The first kappa shape index (κ1) is 20.7. The van der Waals surface area contributed by atoms with E-state index in [4.69, 9.17) is 17.0 Å². The summed E-state index contributed by atoms with van der Waals surface area (Å²) in [5.41, 5.74) is 0.540. The van der Waals surface area contributed by atoms with Crippen LogP contribution in [0.3, 0.4) is 0 Å². The van der Waals surface area contributed by atoms with E-state index in [0.717, 1.165) is 13.0 Å². The first-order chi connectivity index (χ1) is 11.4. The van der Waals surface area contributed by atoms with E-state index in [1.54, 1.807) is 18.2 Å². The molecule has 1 rings (SSSR count). The lowest BCUT2D eigenvalue weighted by molar-refractivity contribution is 0.341. The van der Waals surface area contributed by atoms with Crippen molar-refractivity contribution >= 4 is 33.0 Å². The van der Waals surface area contributed by atoms with E-state index in [2.05, 4.69) is 10.6 Å². The molecule has 0 atom stereocenters. The van der Waals surface area contributed by atoms with Gasteiger partial charge in [0.25, 0.3) is 0 Å². The maximum Gasteiger partial charge on any atom is 0.243 e.